The Labute approximate surface area is 847 Å². The molecule has 2 rings (SSSR count). The largest absolute Gasteiger partial charge is 0.462 e. The Balaban J connectivity index is -0.000000380. The molecule has 23 N–H and O–H groups in total. The lowest BCUT2D eigenvalue weighted by Crippen LogP contribution is -2.58. The monoisotopic (exact) mass is 2030 g/mol. The molecule has 0 aliphatic rings. The van der Waals surface area contributed by atoms with Gasteiger partial charge in [-0.25, -0.2) is 38.5 Å². The standard InChI is InChI=1S/C23H29NO2.C16H27NO6.C14H23NO6.C12H24N2O5.C11H21NO2.C10H19NO4.C9H17NO3.C8H15NO3/c1-4-19-7-11-21(12-8-19)15-24(23(6-3,17-25)18-26)16-22-13-9-20(5-2)10-14-22;1-6-16(9-18,10-19)17-13(7-22-14(20)11(2)3)8-23-15(21)12(4)5;1-9(2)13(18)20-7-12(15-11(5-16)6-17)8-21-14(19)10(3)4;1-4-12(8-15,9-16)14-11(17)13-5-6-18-19-7-10(2)3;1-4-7-12(8-5-2)11(6-3,9-13)10-14;1-8(2)10(14)15-5-3-4-11-9(6-12)7-13;1-4-9(5-11,6-12)10-8(13)7(2)3;1-3-7(12)9-8(4-2,5-10)6-11/h4-5,7-14,25-26H,1-2,6,15-18H2,3H3;13,17-19H,2,4,6-10H2,1,3,5H3;11-12,15-17H,1,3,5-8H2,2,4H3;15-16H,2,4-9H2,1,3H3,(H2,13,14,17);4-5,13-14H,1-2,6-10H2,3H3;9,11-13H,1,3-7H2,2H3;11-12H,2,4-6H2,1,3H3,(H,10,13);3,10-11H,1,4-6H2,2H3,(H,9,12). The van der Waals surface area contributed by atoms with Crippen molar-refractivity contribution in [1.82, 2.24) is 47.0 Å². The van der Waals surface area contributed by atoms with Gasteiger partial charge in [-0.15, -0.1) is 13.2 Å². The summed E-state index contributed by atoms with van der Waals surface area (Å²) in [6.45, 7) is 65.0. The zero-order valence-corrected chi connectivity index (χ0v) is 86.9. The summed E-state index contributed by atoms with van der Waals surface area (Å²) in [4.78, 5) is 104. The molecule has 0 aromatic heterocycles. The minimum absolute atomic E-state index is 0.0539. The van der Waals surface area contributed by atoms with Gasteiger partial charge in [0.25, 0.3) is 0 Å². The molecule has 0 radical (unpaired) electrons. The van der Waals surface area contributed by atoms with E-state index in [-0.39, 0.29) is 185 Å². The van der Waals surface area contributed by atoms with E-state index in [0.29, 0.717) is 102 Å². The summed E-state index contributed by atoms with van der Waals surface area (Å²) in [5.41, 5.74) is 1.98. The summed E-state index contributed by atoms with van der Waals surface area (Å²) in [5, 5.41) is 166. The van der Waals surface area contributed by atoms with Crippen LogP contribution < -0.4 is 37.2 Å². The SMILES string of the molecule is C=C(C)C(=O)NC(CC)(CO)CO.C=C(C)C(=O)OCC(COC(=O)C(=C)C)NC(CC)(CO)CO.C=C(C)C(=O)OCC(COC(=O)C(=C)C)NC(CO)CO.C=C(C)C(=O)OCCCNC(CO)CO.C=C(C)COOCCNC(=O)NC(CC)(CO)CO.C=CC(=O)NC(CC)(CO)CO.C=CCN(CC=C)C(CC)(CO)CO.C=Cc1ccc(CN(Cc2ccc(C=C)cc2)C(CC)(CO)CO)cc1. The maximum absolute atomic E-state index is 11.5. The lowest BCUT2D eigenvalue weighted by Gasteiger charge is -2.41. The summed E-state index contributed by atoms with van der Waals surface area (Å²) < 4.78 is 24.9. The molecule has 0 fully saturated rings. The number of esters is 5. The number of ether oxygens (including phenoxy) is 5. The molecule has 0 heterocycles. The highest BCUT2D eigenvalue weighted by molar-refractivity contribution is 5.93. The number of benzene rings is 2. The van der Waals surface area contributed by atoms with Crippen LogP contribution in [0.5, 0.6) is 0 Å². The van der Waals surface area contributed by atoms with E-state index in [1.54, 1.807) is 53.7 Å². The van der Waals surface area contributed by atoms with Crippen LogP contribution in [0.2, 0.25) is 0 Å². The molecule has 2 aromatic carbocycles. The van der Waals surface area contributed by atoms with E-state index in [4.69, 9.17) is 84.5 Å². The van der Waals surface area contributed by atoms with E-state index in [1.165, 1.54) is 27.7 Å². The quantitative estimate of drug-likeness (QED) is 0.00858. The first-order chi connectivity index (χ1) is 67.6. The Hall–Kier alpha value is -10.0. The summed E-state index contributed by atoms with van der Waals surface area (Å²) in [7, 11) is 0. The first-order valence-electron chi connectivity index (χ1n) is 46.7. The fourth-order valence-electron chi connectivity index (χ4n) is 10.9. The fraction of sp³-hybridized carbons (Fsp3) is 0.573. The maximum Gasteiger partial charge on any atom is 0.333 e. The molecule has 0 aliphatic carbocycles. The van der Waals surface area contributed by atoms with Crippen molar-refractivity contribution in [3.63, 3.8) is 0 Å². The third-order valence-corrected chi connectivity index (χ3v) is 21.7. The molecule has 0 aliphatic heterocycles. The van der Waals surface area contributed by atoms with Crippen LogP contribution in [-0.2, 0) is 80.1 Å². The summed E-state index contributed by atoms with van der Waals surface area (Å²) in [6, 6.07) is 13.9. The van der Waals surface area contributed by atoms with Gasteiger partial charge in [-0.2, -0.15) is 0 Å². The molecule has 818 valence electrons. The molecule has 0 spiro atoms. The molecular formula is C103H175N9O31. The Morgan fingerprint density at radius 1 is 0.371 bits per heavy atom. The normalized spacial score (nSPS) is 11.1. The van der Waals surface area contributed by atoms with Gasteiger partial charge in [-0.1, -0.05) is 186 Å². The van der Waals surface area contributed by atoms with E-state index < -0.39 is 87.2 Å². The van der Waals surface area contributed by atoms with Crippen LogP contribution in [0.4, 0.5) is 4.79 Å². The molecule has 143 heavy (non-hydrogen) atoms. The zero-order valence-electron chi connectivity index (χ0n) is 86.9. The van der Waals surface area contributed by atoms with Crippen LogP contribution in [0.15, 0.2) is 185 Å². The number of nitrogens with one attached hydrogen (secondary N) is 7. The second-order valence-electron chi connectivity index (χ2n) is 33.7. The van der Waals surface area contributed by atoms with Crippen LogP contribution in [0, 0.1) is 0 Å². The number of aliphatic hydroxyl groups excluding tert-OH is 16. The molecule has 0 bridgehead atoms. The average molecular weight is 2040 g/mol. The van der Waals surface area contributed by atoms with E-state index in [1.807, 2.05) is 62.1 Å². The molecule has 40 heteroatoms. The van der Waals surface area contributed by atoms with Crippen LogP contribution in [0.25, 0.3) is 12.2 Å². The highest BCUT2D eigenvalue weighted by atomic mass is 17.2. The number of rotatable bonds is 67. The number of amides is 4. The van der Waals surface area contributed by atoms with Gasteiger partial charge in [-0.05, 0) is 128 Å². The third kappa shape index (κ3) is 62.4. The lowest BCUT2D eigenvalue weighted by molar-refractivity contribution is -0.286. The third-order valence-electron chi connectivity index (χ3n) is 21.7. The Kier molecular flexibility index (Phi) is 84.6. The summed E-state index contributed by atoms with van der Waals surface area (Å²) in [5.74, 6) is -3.41. The number of carbonyl (C=O) groups excluding carboxylic acids is 8. The van der Waals surface area contributed by atoms with Crippen LogP contribution in [0.3, 0.4) is 0 Å². The molecular weight excluding hydrogens is 1860 g/mol. The number of hydrogen-bond donors (Lipinski definition) is 23. The van der Waals surface area contributed by atoms with Crippen molar-refractivity contribution in [2.45, 2.75) is 205 Å². The number of carbonyl (C=O) groups is 8. The first kappa shape index (κ1) is 144. The highest BCUT2D eigenvalue weighted by Gasteiger charge is 2.37. The second kappa shape index (κ2) is 84.2. The van der Waals surface area contributed by atoms with Crippen molar-refractivity contribution >= 4 is 59.8 Å². The van der Waals surface area contributed by atoms with E-state index >= 15 is 0 Å². The van der Waals surface area contributed by atoms with Gasteiger partial charge in [0, 0.05) is 66.2 Å². The van der Waals surface area contributed by atoms with Gasteiger partial charge in [0.2, 0.25) is 11.8 Å². The van der Waals surface area contributed by atoms with Crippen molar-refractivity contribution in [1.29, 1.82) is 0 Å². The van der Waals surface area contributed by atoms with Gasteiger partial charge in [-0.3, -0.25) is 24.7 Å². The number of urea groups is 1. The van der Waals surface area contributed by atoms with Crippen molar-refractivity contribution in [2.24, 2.45) is 0 Å². The number of nitrogens with zero attached hydrogens (tertiary/aromatic N) is 2. The predicted octanol–water partition coefficient (Wildman–Crippen LogP) is 3.37. The van der Waals surface area contributed by atoms with Crippen LogP contribution in [0.1, 0.15) is 157 Å². The van der Waals surface area contributed by atoms with Crippen LogP contribution >= 0.6 is 0 Å². The van der Waals surface area contributed by atoms with Gasteiger partial charge in [0.1, 0.15) is 33.0 Å². The molecule has 4 amide bonds. The first-order valence-corrected chi connectivity index (χ1v) is 46.7. The van der Waals surface area contributed by atoms with Crippen molar-refractivity contribution in [3.8, 4) is 0 Å². The summed E-state index contributed by atoms with van der Waals surface area (Å²) >= 11 is 0. The van der Waals surface area contributed by atoms with Gasteiger partial charge in [0.05, 0.1) is 176 Å². The van der Waals surface area contributed by atoms with Crippen molar-refractivity contribution in [2.75, 3.05) is 178 Å². The second-order valence-corrected chi connectivity index (χ2v) is 33.7. The summed E-state index contributed by atoms with van der Waals surface area (Å²) in [6.07, 6.45) is 12.1. The predicted molar refractivity (Wildman–Crippen MR) is 553 cm³/mol. The maximum atomic E-state index is 11.5. The lowest BCUT2D eigenvalue weighted by atomic mass is 9.93. The smallest absolute Gasteiger partial charge is 0.333 e. The van der Waals surface area contributed by atoms with Gasteiger partial charge < -0.3 is 137 Å². The molecule has 0 saturated carbocycles. The minimum atomic E-state index is -0.999. The zero-order chi connectivity index (χ0) is 111. The topological polar surface area (TPSA) is 616 Å². The number of aliphatic hydroxyl groups is 16. The van der Waals surface area contributed by atoms with E-state index in [2.05, 4.69) is 145 Å². The Bertz CT molecular complexity index is 3830. The Morgan fingerprint density at radius 3 is 1.00 bits per heavy atom. The Morgan fingerprint density at radius 2 is 0.706 bits per heavy atom. The molecule has 2 aromatic rings. The molecule has 40 nitrogen and oxygen atoms in total. The van der Waals surface area contributed by atoms with E-state index in [0.717, 1.165) is 33.9 Å². The van der Waals surface area contributed by atoms with Gasteiger partial charge >= 0.3 is 35.9 Å². The van der Waals surface area contributed by atoms with Crippen molar-refractivity contribution in [3.05, 3.63) is 207 Å². The minimum Gasteiger partial charge on any atom is -0.462 e. The van der Waals surface area contributed by atoms with Gasteiger partial charge in [0.15, 0.2) is 0 Å². The molecule has 0 atom stereocenters. The highest BCUT2D eigenvalue weighted by Crippen LogP contribution is 2.26. The number of hydrogen-bond acceptors (Lipinski definition) is 36. The molecule has 0 saturated heterocycles. The van der Waals surface area contributed by atoms with E-state index in [9.17, 15) is 69.0 Å². The fourth-order valence-corrected chi connectivity index (χ4v) is 10.9. The molecule has 0 unspecified atom stereocenters. The average Bonchev–Trinajstić information content (AvgIpc) is 0.798. The van der Waals surface area contributed by atoms with Crippen molar-refractivity contribution < 1.29 is 154 Å². The van der Waals surface area contributed by atoms with Crippen LogP contribution in [-0.4, -0.2) is 375 Å².